The van der Waals surface area contributed by atoms with Crippen molar-refractivity contribution in [3.63, 3.8) is 0 Å². The second-order valence-electron chi connectivity index (χ2n) is 9.82. The van der Waals surface area contributed by atoms with Crippen molar-refractivity contribution in [2.24, 2.45) is 5.92 Å². The van der Waals surface area contributed by atoms with E-state index in [1.165, 1.54) is 35.0 Å². The van der Waals surface area contributed by atoms with Crippen molar-refractivity contribution in [2.45, 2.75) is 37.0 Å². The lowest BCUT2D eigenvalue weighted by Crippen LogP contribution is -2.44. The van der Waals surface area contributed by atoms with Gasteiger partial charge in [0.1, 0.15) is 17.3 Å². The summed E-state index contributed by atoms with van der Waals surface area (Å²) in [6.07, 6.45) is 4.42. The molecule has 0 N–H and O–H groups in total. The summed E-state index contributed by atoms with van der Waals surface area (Å²) in [5.41, 5.74) is 1.51. The molecule has 1 atom stereocenters. The highest BCUT2D eigenvalue weighted by molar-refractivity contribution is 7.89. The van der Waals surface area contributed by atoms with E-state index in [-0.39, 0.29) is 46.8 Å². The number of likely N-dealkylation sites (tertiary alicyclic amines) is 1. The van der Waals surface area contributed by atoms with Crippen LogP contribution in [0.5, 0.6) is 0 Å². The van der Waals surface area contributed by atoms with Gasteiger partial charge in [-0.15, -0.1) is 0 Å². The molecule has 3 heterocycles. The van der Waals surface area contributed by atoms with E-state index in [1.54, 1.807) is 0 Å². The van der Waals surface area contributed by atoms with Crippen molar-refractivity contribution in [1.82, 2.24) is 14.4 Å². The van der Waals surface area contributed by atoms with Gasteiger partial charge in [-0.2, -0.15) is 4.31 Å². The van der Waals surface area contributed by atoms with Gasteiger partial charge in [-0.3, -0.25) is 4.79 Å². The highest BCUT2D eigenvalue weighted by atomic mass is 32.2. The van der Waals surface area contributed by atoms with Crippen LogP contribution in [0, 0.1) is 24.5 Å². The average molecular weight is 542 g/mol. The summed E-state index contributed by atoms with van der Waals surface area (Å²) >= 11 is 0. The van der Waals surface area contributed by atoms with Crippen molar-refractivity contribution in [1.29, 1.82) is 0 Å². The van der Waals surface area contributed by atoms with E-state index in [0.717, 1.165) is 18.6 Å². The van der Waals surface area contributed by atoms with E-state index >= 15 is 0 Å². The molecule has 200 valence electrons. The van der Waals surface area contributed by atoms with Gasteiger partial charge in [0, 0.05) is 49.6 Å². The quantitative estimate of drug-likeness (QED) is 0.446. The molecule has 2 fully saturated rings. The number of sulfonamides is 1. The molecule has 0 aliphatic carbocycles. The van der Waals surface area contributed by atoms with Crippen LogP contribution >= 0.6 is 0 Å². The van der Waals surface area contributed by atoms with Gasteiger partial charge in [0.05, 0.1) is 0 Å². The Bertz CT molecular complexity index is 1450. The minimum absolute atomic E-state index is 0.0338. The Kier molecular flexibility index (Phi) is 7.45. The van der Waals surface area contributed by atoms with Crippen LogP contribution in [0.25, 0.3) is 12.2 Å². The lowest BCUT2D eigenvalue weighted by molar-refractivity contribution is -0.135. The molecule has 2 saturated heterocycles. The Morgan fingerprint density at radius 2 is 1.76 bits per heavy atom. The number of benzene rings is 2. The van der Waals surface area contributed by atoms with Gasteiger partial charge in [-0.25, -0.2) is 17.2 Å². The van der Waals surface area contributed by atoms with Crippen LogP contribution in [0.3, 0.4) is 0 Å². The molecule has 0 bridgehead atoms. The van der Waals surface area contributed by atoms with Gasteiger partial charge in [0.25, 0.3) is 0 Å². The van der Waals surface area contributed by atoms with Gasteiger partial charge >= 0.3 is 0 Å². The smallest absolute Gasteiger partial charge is 0.248 e. The number of aromatic nitrogens is 1. The third-order valence-corrected chi connectivity index (χ3v) is 9.44. The van der Waals surface area contributed by atoms with Crippen LogP contribution in [0.4, 0.5) is 8.78 Å². The van der Waals surface area contributed by atoms with Crippen LogP contribution in [0.2, 0.25) is 0 Å². The third kappa shape index (κ3) is 5.28. The zero-order valence-electron chi connectivity index (χ0n) is 21.0. The van der Waals surface area contributed by atoms with Crippen molar-refractivity contribution >= 4 is 28.1 Å². The van der Waals surface area contributed by atoms with Gasteiger partial charge in [-0.05, 0) is 56.0 Å². The second kappa shape index (κ2) is 10.8. The molecule has 3 aromatic rings. The maximum absolute atomic E-state index is 14.0. The molecule has 0 saturated carbocycles. The predicted molar refractivity (Wildman–Crippen MR) is 138 cm³/mol. The molecule has 2 aliphatic rings. The summed E-state index contributed by atoms with van der Waals surface area (Å²) in [6, 6.07) is 13.3. The SMILES string of the molecule is Cc1noc(/C=C/c2ccc(F)cc2F)c1S(=O)(=O)N1CCC(C(=O)N2CC[C@@H](c3ccccc3)C2)CC1. The minimum Gasteiger partial charge on any atom is -0.355 e. The maximum Gasteiger partial charge on any atom is 0.248 e. The van der Waals surface area contributed by atoms with Crippen LogP contribution in [-0.2, 0) is 14.8 Å². The Morgan fingerprint density at radius 3 is 2.47 bits per heavy atom. The van der Waals surface area contributed by atoms with Gasteiger partial charge in [-0.1, -0.05) is 35.5 Å². The number of amides is 1. The number of nitrogens with zero attached hydrogens (tertiary/aromatic N) is 3. The van der Waals surface area contributed by atoms with Crippen molar-refractivity contribution in [3.8, 4) is 0 Å². The van der Waals surface area contributed by atoms with Gasteiger partial charge < -0.3 is 9.42 Å². The van der Waals surface area contributed by atoms with Crippen LogP contribution in [0.1, 0.15) is 47.8 Å². The van der Waals surface area contributed by atoms with E-state index in [9.17, 15) is 22.0 Å². The number of halogens is 2. The summed E-state index contributed by atoms with van der Waals surface area (Å²) in [7, 11) is -3.97. The lowest BCUT2D eigenvalue weighted by Gasteiger charge is -2.32. The van der Waals surface area contributed by atoms with Crippen LogP contribution in [-0.4, -0.2) is 54.9 Å². The molecule has 2 aliphatic heterocycles. The fourth-order valence-corrected chi connectivity index (χ4v) is 7.01. The molecular formula is C28H29F2N3O4S. The molecule has 1 amide bonds. The fourth-order valence-electron chi connectivity index (χ4n) is 5.29. The van der Waals surface area contributed by atoms with E-state index in [4.69, 9.17) is 4.52 Å². The summed E-state index contributed by atoms with van der Waals surface area (Å²) < 4.78 is 60.8. The number of carbonyl (C=O) groups is 1. The first-order chi connectivity index (χ1) is 18.2. The first-order valence-electron chi connectivity index (χ1n) is 12.7. The number of hydrogen-bond acceptors (Lipinski definition) is 5. The van der Waals surface area contributed by atoms with E-state index in [0.29, 0.717) is 31.8 Å². The zero-order valence-corrected chi connectivity index (χ0v) is 21.8. The van der Waals surface area contributed by atoms with Gasteiger partial charge in [0.15, 0.2) is 10.7 Å². The first kappa shape index (κ1) is 26.2. The highest BCUT2D eigenvalue weighted by Gasteiger charge is 2.38. The predicted octanol–water partition coefficient (Wildman–Crippen LogP) is 4.85. The van der Waals surface area contributed by atoms with Crippen molar-refractivity contribution in [2.75, 3.05) is 26.2 Å². The topological polar surface area (TPSA) is 83.7 Å². The monoisotopic (exact) mass is 541 g/mol. The minimum atomic E-state index is -3.97. The number of rotatable bonds is 6. The molecule has 7 nitrogen and oxygen atoms in total. The highest BCUT2D eigenvalue weighted by Crippen LogP contribution is 2.32. The van der Waals surface area contributed by atoms with Crippen molar-refractivity contribution < 1.29 is 26.5 Å². The molecule has 5 rings (SSSR count). The maximum atomic E-state index is 14.0. The number of carbonyl (C=O) groups excluding carboxylic acids is 1. The van der Waals surface area contributed by atoms with E-state index in [2.05, 4.69) is 17.3 Å². The Labute approximate surface area is 220 Å². The molecule has 2 aromatic carbocycles. The number of aryl methyl sites for hydroxylation is 1. The standard InChI is InChI=1S/C28H29F2N3O4S/c1-19-27(26(37-31-19)10-8-21-7-9-24(29)17-25(21)30)38(35,36)33-15-12-22(13-16-33)28(34)32-14-11-23(18-32)20-5-3-2-4-6-20/h2-10,17,22-23H,11-16,18H2,1H3/b10-8+/t23-/m1/s1. The third-order valence-electron chi connectivity index (χ3n) is 7.38. The largest absolute Gasteiger partial charge is 0.355 e. The molecule has 10 heteroatoms. The summed E-state index contributed by atoms with van der Waals surface area (Å²) in [6.45, 7) is 3.33. The fraction of sp³-hybridized carbons (Fsp3) is 0.357. The lowest BCUT2D eigenvalue weighted by atomic mass is 9.96. The Balaban J connectivity index is 1.24. The average Bonchev–Trinajstić information content (AvgIpc) is 3.56. The Morgan fingerprint density at radius 1 is 1.03 bits per heavy atom. The number of hydrogen-bond donors (Lipinski definition) is 0. The summed E-state index contributed by atoms with van der Waals surface area (Å²) in [5, 5.41) is 3.81. The van der Waals surface area contributed by atoms with E-state index < -0.39 is 21.7 Å². The molecule has 0 unspecified atom stereocenters. The first-order valence-corrected chi connectivity index (χ1v) is 14.1. The summed E-state index contributed by atoms with van der Waals surface area (Å²) in [4.78, 5) is 15.0. The number of piperidine rings is 1. The van der Waals surface area contributed by atoms with Crippen LogP contribution < -0.4 is 0 Å². The van der Waals surface area contributed by atoms with Crippen LogP contribution in [0.15, 0.2) is 57.9 Å². The zero-order chi connectivity index (χ0) is 26.9. The molecule has 38 heavy (non-hydrogen) atoms. The molecule has 1 aromatic heterocycles. The van der Waals surface area contributed by atoms with Crippen molar-refractivity contribution in [3.05, 3.63) is 82.7 Å². The molecule has 0 spiro atoms. The molecule has 0 radical (unpaired) electrons. The molecular weight excluding hydrogens is 512 g/mol. The normalized spacial score (nSPS) is 19.4. The van der Waals surface area contributed by atoms with E-state index in [1.807, 2.05) is 23.1 Å². The van der Waals surface area contributed by atoms with Gasteiger partial charge in [0.2, 0.25) is 15.9 Å². The Hall–Kier alpha value is -3.37. The second-order valence-corrected chi connectivity index (χ2v) is 11.7. The summed E-state index contributed by atoms with van der Waals surface area (Å²) in [5.74, 6) is -1.32.